The largest absolute Gasteiger partial charge is 0.426 e. The third-order valence-electron chi connectivity index (χ3n) is 4.43. The smallest absolute Gasteiger partial charge is 0.373 e. The molecule has 0 fully saturated rings. The first-order valence-electron chi connectivity index (χ1n) is 8.79. The Morgan fingerprint density at radius 2 is 1.72 bits per heavy atom. The van der Waals surface area contributed by atoms with Crippen molar-refractivity contribution in [3.05, 3.63) is 53.3 Å². The summed E-state index contributed by atoms with van der Waals surface area (Å²) in [5, 5.41) is 14.6. The highest BCUT2D eigenvalue weighted by molar-refractivity contribution is 7.91. The van der Waals surface area contributed by atoms with E-state index in [-0.39, 0.29) is 33.3 Å². The maximum atomic E-state index is 12.9. The van der Waals surface area contributed by atoms with Gasteiger partial charge in [-0.2, -0.15) is 18.2 Å². The fraction of sp³-hybridized carbons (Fsp3) is 0.211. The van der Waals surface area contributed by atoms with Crippen LogP contribution in [0.1, 0.15) is 12.7 Å². The highest BCUT2D eigenvalue weighted by Crippen LogP contribution is 2.33. The van der Waals surface area contributed by atoms with Gasteiger partial charge in [0.05, 0.1) is 20.5 Å². The molecule has 1 atom stereocenters. The van der Waals surface area contributed by atoms with Crippen LogP contribution in [0.25, 0.3) is 11.5 Å². The molecule has 0 saturated carbocycles. The minimum atomic E-state index is -5.22. The molecule has 0 spiro atoms. The van der Waals surface area contributed by atoms with Crippen molar-refractivity contribution in [2.45, 2.75) is 35.4 Å². The predicted molar refractivity (Wildman–Crippen MR) is 107 cm³/mol. The van der Waals surface area contributed by atoms with E-state index in [9.17, 15) is 31.5 Å². The number of aliphatic hydroxyl groups is 1. The summed E-state index contributed by atoms with van der Waals surface area (Å²) in [6.45, 7) is 1.92. The van der Waals surface area contributed by atoms with Crippen molar-refractivity contribution in [2.75, 3.05) is 5.32 Å². The number of aromatic nitrogens is 2. The van der Waals surface area contributed by atoms with E-state index in [0.717, 1.165) is 18.2 Å². The first kappa shape index (κ1) is 23.7. The summed E-state index contributed by atoms with van der Waals surface area (Å²) in [5.41, 5.74) is -3.47. The van der Waals surface area contributed by atoms with Crippen LogP contribution in [0, 0.1) is 6.92 Å². The molecule has 1 aromatic heterocycles. The minimum absolute atomic E-state index is 0.0923. The van der Waals surface area contributed by atoms with Gasteiger partial charge in [0, 0.05) is 5.56 Å². The number of carbonyl (C=O) groups is 1. The van der Waals surface area contributed by atoms with Gasteiger partial charge >= 0.3 is 6.18 Å². The number of nitrogens with zero attached hydrogens (tertiary/aromatic N) is 2. The van der Waals surface area contributed by atoms with Gasteiger partial charge in [-0.15, -0.1) is 0 Å². The van der Waals surface area contributed by atoms with Crippen LogP contribution >= 0.6 is 11.6 Å². The molecule has 8 nitrogen and oxygen atoms in total. The third-order valence-corrected chi connectivity index (χ3v) is 6.51. The third kappa shape index (κ3) is 4.47. The Kier molecular flexibility index (Phi) is 6.06. The van der Waals surface area contributed by atoms with E-state index < -0.39 is 27.5 Å². The number of rotatable bonds is 5. The van der Waals surface area contributed by atoms with E-state index in [4.69, 9.17) is 16.1 Å². The van der Waals surface area contributed by atoms with Crippen LogP contribution in [0.3, 0.4) is 0 Å². The predicted octanol–water partition coefficient (Wildman–Crippen LogP) is 3.78. The van der Waals surface area contributed by atoms with E-state index in [1.165, 1.54) is 24.3 Å². The zero-order valence-corrected chi connectivity index (χ0v) is 18.0. The quantitative estimate of drug-likeness (QED) is 0.559. The average Bonchev–Trinajstić information content (AvgIpc) is 3.15. The molecule has 0 saturated heterocycles. The lowest BCUT2D eigenvalue weighted by Crippen LogP contribution is -2.52. The van der Waals surface area contributed by atoms with Gasteiger partial charge in [-0.3, -0.25) is 4.79 Å². The number of benzene rings is 2. The van der Waals surface area contributed by atoms with Gasteiger partial charge in [0.2, 0.25) is 15.4 Å². The topological polar surface area (TPSA) is 122 Å². The number of hydrogen-bond donors (Lipinski definition) is 2. The Balaban J connectivity index is 1.85. The van der Waals surface area contributed by atoms with E-state index >= 15 is 0 Å². The molecule has 0 aliphatic rings. The fourth-order valence-corrected chi connectivity index (χ4v) is 4.04. The van der Waals surface area contributed by atoms with Crippen LogP contribution in [0.15, 0.2) is 56.8 Å². The number of anilines is 1. The Morgan fingerprint density at radius 1 is 1.12 bits per heavy atom. The molecule has 13 heteroatoms. The van der Waals surface area contributed by atoms with Crippen LogP contribution in [0.4, 0.5) is 18.9 Å². The van der Waals surface area contributed by atoms with Gasteiger partial charge in [0.15, 0.2) is 5.82 Å². The summed E-state index contributed by atoms with van der Waals surface area (Å²) in [5.74, 6) is -1.14. The van der Waals surface area contributed by atoms with Crippen LogP contribution in [-0.4, -0.2) is 41.3 Å². The van der Waals surface area contributed by atoms with E-state index in [1.807, 2.05) is 5.32 Å². The molecule has 2 aromatic carbocycles. The molecular formula is C19H15ClF3N3O5S. The van der Waals surface area contributed by atoms with Gasteiger partial charge < -0.3 is 14.9 Å². The lowest BCUT2D eigenvalue weighted by Gasteiger charge is -2.25. The first-order valence-corrected chi connectivity index (χ1v) is 10.7. The van der Waals surface area contributed by atoms with Crippen molar-refractivity contribution in [1.29, 1.82) is 0 Å². The van der Waals surface area contributed by atoms with Gasteiger partial charge in [0.1, 0.15) is 0 Å². The molecule has 0 aliphatic carbocycles. The Bertz CT molecular complexity index is 1270. The summed E-state index contributed by atoms with van der Waals surface area (Å²) in [6.07, 6.45) is -5.22. The maximum Gasteiger partial charge on any atom is 0.426 e. The standard InChI is InChI=1S/C19H15ClF3N3O5S/c1-10-24-16(31-26-10)11-3-5-12(6-4-11)32(29,30)13-7-8-15(14(20)9-13)25-17(27)18(2,28)19(21,22)23/h3-9,28H,1-2H3,(H,25,27)/t18-/m1/s1. The SMILES string of the molecule is Cc1noc(-c2ccc(S(=O)(=O)c3ccc(NC(=O)[C@@](C)(O)C(F)(F)F)c(Cl)c3)cc2)n1. The summed E-state index contributed by atoms with van der Waals surface area (Å²) in [7, 11) is -4.05. The Hall–Kier alpha value is -2.96. The van der Waals surface area contributed by atoms with Crippen molar-refractivity contribution in [3.8, 4) is 11.5 Å². The van der Waals surface area contributed by atoms with Crippen molar-refractivity contribution in [3.63, 3.8) is 0 Å². The van der Waals surface area contributed by atoms with Gasteiger partial charge in [0.25, 0.3) is 11.8 Å². The molecule has 32 heavy (non-hydrogen) atoms. The van der Waals surface area contributed by atoms with Crippen LogP contribution in [0.2, 0.25) is 5.02 Å². The van der Waals surface area contributed by atoms with Crippen molar-refractivity contribution >= 4 is 33.0 Å². The Morgan fingerprint density at radius 3 is 2.22 bits per heavy atom. The molecule has 170 valence electrons. The average molecular weight is 490 g/mol. The number of hydrogen-bond acceptors (Lipinski definition) is 7. The van der Waals surface area contributed by atoms with E-state index in [0.29, 0.717) is 11.4 Å². The highest BCUT2D eigenvalue weighted by Gasteiger charge is 2.55. The monoisotopic (exact) mass is 489 g/mol. The molecule has 0 radical (unpaired) electrons. The molecule has 0 unspecified atom stereocenters. The normalized spacial score (nSPS) is 14.1. The van der Waals surface area contributed by atoms with Crippen LogP contribution < -0.4 is 5.32 Å². The molecule has 0 bridgehead atoms. The van der Waals surface area contributed by atoms with Crippen molar-refractivity contribution in [2.24, 2.45) is 0 Å². The zero-order chi connectivity index (χ0) is 23.9. The first-order chi connectivity index (χ1) is 14.7. The lowest BCUT2D eigenvalue weighted by atomic mass is 10.1. The molecule has 1 amide bonds. The van der Waals surface area contributed by atoms with Crippen LogP contribution in [0.5, 0.6) is 0 Å². The van der Waals surface area contributed by atoms with Gasteiger partial charge in [-0.25, -0.2) is 8.42 Å². The molecular weight excluding hydrogens is 475 g/mol. The molecule has 3 aromatic rings. The number of carbonyl (C=O) groups excluding carboxylic acids is 1. The number of amides is 1. The number of sulfone groups is 1. The summed E-state index contributed by atoms with van der Waals surface area (Å²) in [4.78, 5) is 15.5. The second-order valence-corrected chi connectivity index (χ2v) is 9.20. The summed E-state index contributed by atoms with van der Waals surface area (Å²) >= 11 is 5.97. The molecule has 1 heterocycles. The zero-order valence-electron chi connectivity index (χ0n) is 16.4. The summed E-state index contributed by atoms with van der Waals surface area (Å²) in [6, 6.07) is 8.63. The lowest BCUT2D eigenvalue weighted by molar-refractivity contribution is -0.242. The minimum Gasteiger partial charge on any atom is -0.373 e. The summed E-state index contributed by atoms with van der Waals surface area (Å²) < 4.78 is 69.2. The van der Waals surface area contributed by atoms with Crippen molar-refractivity contribution < 1.29 is 36.0 Å². The van der Waals surface area contributed by atoms with Crippen LogP contribution in [-0.2, 0) is 14.6 Å². The van der Waals surface area contributed by atoms with E-state index in [1.54, 1.807) is 6.92 Å². The molecule has 0 aliphatic heterocycles. The number of aryl methyl sites for hydroxylation is 1. The highest BCUT2D eigenvalue weighted by atomic mass is 35.5. The van der Waals surface area contributed by atoms with E-state index in [2.05, 4.69) is 10.1 Å². The molecule has 3 rings (SSSR count). The molecule has 2 N–H and O–H groups in total. The Labute approximate surface area is 184 Å². The number of halogens is 4. The van der Waals surface area contributed by atoms with Gasteiger partial charge in [-0.1, -0.05) is 16.8 Å². The second-order valence-electron chi connectivity index (χ2n) is 6.84. The van der Waals surface area contributed by atoms with Gasteiger partial charge in [-0.05, 0) is 56.3 Å². The van der Waals surface area contributed by atoms with Crippen molar-refractivity contribution in [1.82, 2.24) is 10.1 Å². The number of alkyl halides is 3. The number of nitrogens with one attached hydrogen (secondary N) is 1. The maximum absolute atomic E-state index is 12.9. The second kappa shape index (κ2) is 8.19. The fourth-order valence-electron chi connectivity index (χ4n) is 2.46.